The number of carboxylic acids is 1. The monoisotopic (exact) mass is 242 g/mol. The van der Waals surface area contributed by atoms with Gasteiger partial charge < -0.3 is 9.84 Å². The molecule has 0 fully saturated rings. The smallest absolute Gasteiger partial charge is 0.306 e. The number of carboxylic acid groups (broad SMARTS) is 1. The highest BCUT2D eigenvalue weighted by atomic mass is 32.1. The van der Waals surface area contributed by atoms with E-state index in [0.717, 1.165) is 11.1 Å². The summed E-state index contributed by atoms with van der Waals surface area (Å²) >= 11 is 1.51. The van der Waals surface area contributed by atoms with Crippen LogP contribution in [0.2, 0.25) is 0 Å². The van der Waals surface area contributed by atoms with E-state index in [9.17, 15) is 9.59 Å². The average Bonchev–Trinajstić information content (AvgIpc) is 2.62. The topological polar surface area (TPSA) is 63.6 Å². The SMILES string of the molecule is COC(=O)CC(CC(=O)O)c1cscc1C. The van der Waals surface area contributed by atoms with Gasteiger partial charge in [-0.3, -0.25) is 9.59 Å². The van der Waals surface area contributed by atoms with Crippen molar-refractivity contribution in [3.05, 3.63) is 21.9 Å². The van der Waals surface area contributed by atoms with Crippen LogP contribution in [0.15, 0.2) is 10.8 Å². The van der Waals surface area contributed by atoms with Crippen LogP contribution in [0.4, 0.5) is 0 Å². The first-order valence-electron chi connectivity index (χ1n) is 4.86. The molecule has 0 aliphatic heterocycles. The number of carbonyl (C=O) groups is 2. The zero-order valence-corrected chi connectivity index (χ0v) is 10.0. The quantitative estimate of drug-likeness (QED) is 0.804. The molecular weight excluding hydrogens is 228 g/mol. The van der Waals surface area contributed by atoms with Crippen LogP contribution >= 0.6 is 11.3 Å². The maximum atomic E-state index is 11.2. The van der Waals surface area contributed by atoms with Crippen LogP contribution < -0.4 is 0 Å². The molecule has 88 valence electrons. The Morgan fingerprint density at radius 1 is 1.44 bits per heavy atom. The molecule has 1 N–H and O–H groups in total. The Balaban J connectivity index is 2.83. The summed E-state index contributed by atoms with van der Waals surface area (Å²) < 4.78 is 4.57. The van der Waals surface area contributed by atoms with Gasteiger partial charge in [0, 0.05) is 5.92 Å². The van der Waals surface area contributed by atoms with Crippen molar-refractivity contribution >= 4 is 23.3 Å². The third-order valence-electron chi connectivity index (χ3n) is 2.40. The lowest BCUT2D eigenvalue weighted by Gasteiger charge is -2.13. The molecule has 0 aromatic carbocycles. The first-order valence-corrected chi connectivity index (χ1v) is 5.80. The lowest BCUT2D eigenvalue weighted by molar-refractivity contribution is -0.141. The Morgan fingerprint density at radius 3 is 2.56 bits per heavy atom. The van der Waals surface area contributed by atoms with Gasteiger partial charge in [0.2, 0.25) is 0 Å². The average molecular weight is 242 g/mol. The molecule has 0 aliphatic carbocycles. The van der Waals surface area contributed by atoms with Crippen molar-refractivity contribution in [2.45, 2.75) is 25.7 Å². The molecule has 0 saturated heterocycles. The van der Waals surface area contributed by atoms with E-state index in [4.69, 9.17) is 5.11 Å². The second-order valence-electron chi connectivity index (χ2n) is 3.59. The summed E-state index contributed by atoms with van der Waals surface area (Å²) in [6.07, 6.45) is 0.0625. The van der Waals surface area contributed by atoms with Crippen LogP contribution in [-0.2, 0) is 14.3 Å². The molecule has 0 spiro atoms. The van der Waals surface area contributed by atoms with Crippen LogP contribution in [0, 0.1) is 6.92 Å². The van der Waals surface area contributed by atoms with Crippen molar-refractivity contribution in [3.63, 3.8) is 0 Å². The molecular formula is C11H14O4S. The Hall–Kier alpha value is -1.36. The molecule has 1 rings (SSSR count). The predicted molar refractivity (Wildman–Crippen MR) is 60.7 cm³/mol. The molecule has 0 saturated carbocycles. The first-order chi connectivity index (χ1) is 7.54. The number of methoxy groups -OCH3 is 1. The zero-order chi connectivity index (χ0) is 12.1. The molecule has 5 heteroatoms. The zero-order valence-electron chi connectivity index (χ0n) is 9.23. The molecule has 1 unspecified atom stereocenters. The van der Waals surface area contributed by atoms with Gasteiger partial charge in [-0.2, -0.15) is 11.3 Å². The van der Waals surface area contributed by atoms with Crippen molar-refractivity contribution in [1.82, 2.24) is 0 Å². The van der Waals surface area contributed by atoms with E-state index in [-0.39, 0.29) is 24.7 Å². The highest BCUT2D eigenvalue weighted by Gasteiger charge is 2.21. The van der Waals surface area contributed by atoms with Gasteiger partial charge in [0.1, 0.15) is 0 Å². The van der Waals surface area contributed by atoms with Crippen LogP contribution in [0.1, 0.15) is 29.9 Å². The molecule has 16 heavy (non-hydrogen) atoms. The Kier molecular flexibility index (Phi) is 4.49. The van der Waals surface area contributed by atoms with Gasteiger partial charge in [0.15, 0.2) is 0 Å². The highest BCUT2D eigenvalue weighted by Crippen LogP contribution is 2.29. The number of carbonyl (C=O) groups excluding carboxylic acids is 1. The van der Waals surface area contributed by atoms with Crippen molar-refractivity contribution in [3.8, 4) is 0 Å². The summed E-state index contributed by atoms with van der Waals surface area (Å²) in [5.74, 6) is -1.58. The fraction of sp³-hybridized carbons (Fsp3) is 0.455. The number of hydrogen-bond donors (Lipinski definition) is 1. The molecule has 1 aromatic rings. The molecule has 1 heterocycles. The fourth-order valence-corrected chi connectivity index (χ4v) is 2.51. The van der Waals surface area contributed by atoms with Gasteiger partial charge >= 0.3 is 11.9 Å². The number of esters is 1. The molecule has 0 radical (unpaired) electrons. The number of ether oxygens (including phenoxy) is 1. The third-order valence-corrected chi connectivity index (χ3v) is 3.28. The minimum absolute atomic E-state index is 0.0489. The lowest BCUT2D eigenvalue weighted by atomic mass is 9.92. The number of aryl methyl sites for hydroxylation is 1. The van der Waals surface area contributed by atoms with E-state index in [1.54, 1.807) is 0 Å². The number of thiophene rings is 1. The summed E-state index contributed by atoms with van der Waals surface area (Å²) in [5, 5.41) is 12.7. The largest absolute Gasteiger partial charge is 0.481 e. The van der Waals surface area contributed by atoms with Gasteiger partial charge in [-0.25, -0.2) is 0 Å². The molecule has 1 aromatic heterocycles. The normalized spacial score (nSPS) is 12.1. The summed E-state index contributed by atoms with van der Waals surface area (Å²) in [7, 11) is 1.31. The van der Waals surface area contributed by atoms with Crippen molar-refractivity contribution < 1.29 is 19.4 Å². The Labute approximate surface area is 97.9 Å². The minimum atomic E-state index is -0.903. The molecule has 4 nitrogen and oxygen atoms in total. The maximum absolute atomic E-state index is 11.2. The van der Waals surface area contributed by atoms with Gasteiger partial charge in [0.25, 0.3) is 0 Å². The summed E-state index contributed by atoms with van der Waals surface area (Å²) in [6.45, 7) is 1.91. The second-order valence-corrected chi connectivity index (χ2v) is 4.33. The number of rotatable bonds is 5. The van der Waals surface area contributed by atoms with Crippen molar-refractivity contribution in [2.75, 3.05) is 7.11 Å². The second kappa shape index (κ2) is 5.65. The third kappa shape index (κ3) is 3.34. The van der Waals surface area contributed by atoms with Gasteiger partial charge in [0.05, 0.1) is 20.0 Å². The van der Waals surface area contributed by atoms with E-state index < -0.39 is 5.97 Å². The molecule has 1 atom stereocenters. The van der Waals surface area contributed by atoms with Gasteiger partial charge in [-0.15, -0.1) is 0 Å². The van der Waals surface area contributed by atoms with Crippen LogP contribution in [0.5, 0.6) is 0 Å². The van der Waals surface area contributed by atoms with E-state index >= 15 is 0 Å². The first kappa shape index (κ1) is 12.7. The Bertz CT molecular complexity index is 383. The number of aliphatic carboxylic acids is 1. The molecule has 0 aliphatic rings. The van der Waals surface area contributed by atoms with Crippen LogP contribution in [0.25, 0.3) is 0 Å². The molecule has 0 bridgehead atoms. The molecule has 0 amide bonds. The summed E-state index contributed by atoms with van der Waals surface area (Å²) in [5.41, 5.74) is 1.96. The number of hydrogen-bond acceptors (Lipinski definition) is 4. The fourth-order valence-electron chi connectivity index (χ4n) is 1.58. The van der Waals surface area contributed by atoms with Crippen molar-refractivity contribution in [2.24, 2.45) is 0 Å². The highest BCUT2D eigenvalue weighted by molar-refractivity contribution is 7.08. The van der Waals surface area contributed by atoms with E-state index in [2.05, 4.69) is 4.74 Å². The maximum Gasteiger partial charge on any atom is 0.306 e. The Morgan fingerprint density at radius 2 is 2.12 bits per heavy atom. The van der Waals surface area contributed by atoms with E-state index in [1.807, 2.05) is 17.7 Å². The summed E-state index contributed by atoms with van der Waals surface area (Å²) in [4.78, 5) is 21.9. The van der Waals surface area contributed by atoms with Crippen LogP contribution in [-0.4, -0.2) is 24.2 Å². The lowest BCUT2D eigenvalue weighted by Crippen LogP contribution is -2.12. The van der Waals surface area contributed by atoms with Gasteiger partial charge in [-0.1, -0.05) is 0 Å². The van der Waals surface area contributed by atoms with E-state index in [1.165, 1.54) is 18.4 Å². The standard InChI is InChI=1S/C11H14O4S/c1-7-5-16-6-9(7)8(3-10(12)13)4-11(14)15-2/h5-6,8H,3-4H2,1-2H3,(H,12,13). The van der Waals surface area contributed by atoms with Gasteiger partial charge in [-0.05, 0) is 28.8 Å². The van der Waals surface area contributed by atoms with E-state index in [0.29, 0.717) is 0 Å². The van der Waals surface area contributed by atoms with Crippen LogP contribution in [0.3, 0.4) is 0 Å². The van der Waals surface area contributed by atoms with Crippen molar-refractivity contribution in [1.29, 1.82) is 0 Å². The predicted octanol–water partition coefficient (Wildman–Crippen LogP) is 2.18. The minimum Gasteiger partial charge on any atom is -0.481 e. The summed E-state index contributed by atoms with van der Waals surface area (Å²) in [6, 6.07) is 0.